The van der Waals surface area contributed by atoms with Crippen molar-refractivity contribution in [3.05, 3.63) is 58.2 Å². The maximum absolute atomic E-state index is 14.1. The summed E-state index contributed by atoms with van der Waals surface area (Å²) in [5.74, 6) is 0.894. The lowest BCUT2D eigenvalue weighted by Gasteiger charge is -2.41. The first-order valence-corrected chi connectivity index (χ1v) is 16.1. The highest BCUT2D eigenvalue weighted by Crippen LogP contribution is 2.36. The Morgan fingerprint density at radius 2 is 1.20 bits per heavy atom. The van der Waals surface area contributed by atoms with E-state index in [4.69, 9.17) is 9.47 Å². The fourth-order valence-corrected chi connectivity index (χ4v) is 7.50. The molecule has 4 rings (SSSR count). The van der Waals surface area contributed by atoms with Crippen molar-refractivity contribution < 1.29 is 27.8 Å². The highest BCUT2D eigenvalue weighted by Gasteiger charge is 2.30. The first kappa shape index (κ1) is 35.3. The average molecular weight is 615 g/mol. The first-order valence-electron chi connectivity index (χ1n) is 16.1. The zero-order valence-corrected chi connectivity index (χ0v) is 28.1. The minimum atomic E-state index is -0.500. The van der Waals surface area contributed by atoms with Crippen LogP contribution in [0.2, 0.25) is 0 Å². The fraction of sp³-hybridized carbons (Fsp3) is 0.611. The molecule has 0 spiro atoms. The summed E-state index contributed by atoms with van der Waals surface area (Å²) >= 11 is 0. The van der Waals surface area contributed by atoms with E-state index in [1.54, 1.807) is 6.07 Å². The van der Waals surface area contributed by atoms with Crippen LogP contribution in [0.3, 0.4) is 0 Å². The van der Waals surface area contributed by atoms with Crippen molar-refractivity contribution in [1.29, 1.82) is 0 Å². The van der Waals surface area contributed by atoms with E-state index in [0.29, 0.717) is 47.0 Å². The molecule has 2 aliphatic rings. The molecule has 0 unspecified atom stereocenters. The molecule has 0 radical (unpaired) electrons. The number of halogens is 2. The van der Waals surface area contributed by atoms with Crippen LogP contribution in [0.1, 0.15) is 105 Å². The van der Waals surface area contributed by atoms with Gasteiger partial charge in [0, 0.05) is 30.0 Å². The molecule has 0 heterocycles. The van der Waals surface area contributed by atoms with Crippen LogP contribution in [0.15, 0.2) is 24.3 Å². The van der Waals surface area contributed by atoms with Crippen molar-refractivity contribution >= 4 is 23.3 Å². The Bertz CT molecular complexity index is 1280. The van der Waals surface area contributed by atoms with Gasteiger partial charge in [-0.15, -0.1) is 0 Å². The standard InChI is InChI=1S/C19H28FNO2.C17H24FNO2/c1-6-21(16-8-12(2)7-13(3)9-16)18-11-15(20)10-17(14(18)4)19(22)23-5;1-10-5-11(2)7-14(6-10)19-16-9-13(18)8-15(12(16)3)17(20)21-4/h10-13,16H,6-9H2,1-5H3;8-11,14,19H,5-7H2,1-4H3/t12-,13-;10-,11-/m00/s1. The van der Waals surface area contributed by atoms with Gasteiger partial charge >= 0.3 is 11.9 Å². The number of carbonyl (C=O) groups excluding carboxylic acids is 2. The fourth-order valence-electron chi connectivity index (χ4n) is 7.50. The van der Waals surface area contributed by atoms with Gasteiger partial charge in [-0.2, -0.15) is 0 Å². The Balaban J connectivity index is 0.000000241. The van der Waals surface area contributed by atoms with Gasteiger partial charge in [-0.3, -0.25) is 0 Å². The number of anilines is 2. The number of rotatable bonds is 7. The molecule has 2 aromatic rings. The number of hydrogen-bond donors (Lipinski definition) is 1. The third-order valence-electron chi connectivity index (χ3n) is 9.31. The van der Waals surface area contributed by atoms with E-state index >= 15 is 0 Å². The number of esters is 2. The lowest BCUT2D eigenvalue weighted by atomic mass is 9.79. The van der Waals surface area contributed by atoms with Crippen molar-refractivity contribution in [2.24, 2.45) is 23.7 Å². The monoisotopic (exact) mass is 614 g/mol. The zero-order valence-electron chi connectivity index (χ0n) is 28.1. The van der Waals surface area contributed by atoms with E-state index in [9.17, 15) is 18.4 Å². The van der Waals surface area contributed by atoms with E-state index in [1.165, 1.54) is 45.3 Å². The summed E-state index contributed by atoms with van der Waals surface area (Å²) < 4.78 is 37.4. The highest BCUT2D eigenvalue weighted by atomic mass is 19.1. The van der Waals surface area contributed by atoms with E-state index in [-0.39, 0.29) is 11.4 Å². The Hall–Kier alpha value is -3.16. The molecule has 0 aliphatic heterocycles. The minimum Gasteiger partial charge on any atom is -0.465 e. The van der Waals surface area contributed by atoms with Gasteiger partial charge in [0.2, 0.25) is 0 Å². The molecule has 2 saturated carbocycles. The van der Waals surface area contributed by atoms with Gasteiger partial charge in [0.25, 0.3) is 0 Å². The molecule has 6 nitrogen and oxygen atoms in total. The highest BCUT2D eigenvalue weighted by molar-refractivity contribution is 5.93. The summed E-state index contributed by atoms with van der Waals surface area (Å²) in [5, 5.41) is 3.42. The minimum absolute atomic E-state index is 0.289. The predicted octanol–water partition coefficient (Wildman–Crippen LogP) is 8.73. The molecule has 2 fully saturated rings. The molecule has 8 heteroatoms. The average Bonchev–Trinajstić information content (AvgIpc) is 2.95. The molecule has 2 aliphatic carbocycles. The number of hydrogen-bond acceptors (Lipinski definition) is 6. The van der Waals surface area contributed by atoms with Gasteiger partial charge in [0.1, 0.15) is 11.6 Å². The third kappa shape index (κ3) is 8.95. The largest absolute Gasteiger partial charge is 0.465 e. The van der Waals surface area contributed by atoms with Gasteiger partial charge < -0.3 is 19.7 Å². The van der Waals surface area contributed by atoms with Crippen molar-refractivity contribution in [2.45, 2.75) is 99.1 Å². The maximum Gasteiger partial charge on any atom is 0.338 e. The van der Waals surface area contributed by atoms with Crippen molar-refractivity contribution in [3.63, 3.8) is 0 Å². The second-order valence-corrected chi connectivity index (χ2v) is 13.3. The Morgan fingerprint density at radius 1 is 0.750 bits per heavy atom. The Labute approximate surface area is 262 Å². The molecule has 0 saturated heterocycles. The van der Waals surface area contributed by atoms with Gasteiger partial charge in [-0.05, 0) is 118 Å². The molecule has 4 atom stereocenters. The Morgan fingerprint density at radius 3 is 1.68 bits per heavy atom. The summed E-state index contributed by atoms with van der Waals surface area (Å²) in [6.07, 6.45) is 6.88. The SMILES string of the molecule is CCN(c1cc(F)cc(C(=O)OC)c1C)C1C[C@@H](C)C[C@H](C)C1.COC(=O)c1cc(F)cc(NC2C[C@@H](C)C[C@H](C)C2)c1C. The van der Waals surface area contributed by atoms with E-state index in [2.05, 4.69) is 44.8 Å². The third-order valence-corrected chi connectivity index (χ3v) is 9.31. The van der Waals surface area contributed by atoms with Crippen LogP contribution in [-0.2, 0) is 9.47 Å². The topological polar surface area (TPSA) is 67.9 Å². The predicted molar refractivity (Wildman–Crippen MR) is 174 cm³/mol. The number of benzene rings is 2. The van der Waals surface area contributed by atoms with Gasteiger partial charge in [-0.25, -0.2) is 18.4 Å². The van der Waals surface area contributed by atoms with Gasteiger partial charge in [0.05, 0.1) is 25.3 Å². The normalized spacial score (nSPS) is 24.9. The molecule has 1 N–H and O–H groups in total. The summed E-state index contributed by atoms with van der Waals surface area (Å²) in [6.45, 7) is 15.7. The molecule has 0 aromatic heterocycles. The van der Waals surface area contributed by atoms with Crippen LogP contribution < -0.4 is 10.2 Å². The quantitative estimate of drug-likeness (QED) is 0.315. The summed E-state index contributed by atoms with van der Waals surface area (Å²) in [7, 11) is 2.64. The van der Waals surface area contributed by atoms with Crippen LogP contribution in [0.4, 0.5) is 20.2 Å². The van der Waals surface area contributed by atoms with E-state index in [0.717, 1.165) is 49.0 Å². The van der Waals surface area contributed by atoms with E-state index < -0.39 is 17.8 Å². The van der Waals surface area contributed by atoms with Crippen molar-refractivity contribution in [2.75, 3.05) is 31.0 Å². The summed E-state index contributed by atoms with van der Waals surface area (Å²) in [5.41, 5.74) is 3.66. The van der Waals surface area contributed by atoms with Gasteiger partial charge in [-0.1, -0.05) is 27.7 Å². The van der Waals surface area contributed by atoms with Crippen LogP contribution in [0, 0.1) is 49.2 Å². The first-order chi connectivity index (χ1) is 20.8. The van der Waals surface area contributed by atoms with Crippen LogP contribution >= 0.6 is 0 Å². The summed E-state index contributed by atoms with van der Waals surface area (Å²) in [6, 6.07) is 6.24. The number of ether oxygens (including phenoxy) is 2. The molecule has 0 bridgehead atoms. The number of methoxy groups -OCH3 is 2. The molecule has 2 aromatic carbocycles. The van der Waals surface area contributed by atoms with Crippen molar-refractivity contribution in [3.8, 4) is 0 Å². The molecular weight excluding hydrogens is 562 g/mol. The second kappa shape index (κ2) is 15.7. The second-order valence-electron chi connectivity index (χ2n) is 13.3. The number of nitrogens with one attached hydrogen (secondary N) is 1. The van der Waals surface area contributed by atoms with Crippen LogP contribution in [0.25, 0.3) is 0 Å². The van der Waals surface area contributed by atoms with E-state index in [1.807, 2.05) is 13.8 Å². The molecule has 0 amide bonds. The zero-order chi connectivity index (χ0) is 32.7. The smallest absolute Gasteiger partial charge is 0.338 e. The van der Waals surface area contributed by atoms with Gasteiger partial charge in [0.15, 0.2) is 0 Å². The lowest BCUT2D eigenvalue weighted by Crippen LogP contribution is -2.41. The molecule has 44 heavy (non-hydrogen) atoms. The number of carbonyl (C=O) groups is 2. The molecule has 244 valence electrons. The summed E-state index contributed by atoms with van der Waals surface area (Å²) in [4.78, 5) is 25.9. The maximum atomic E-state index is 14.1. The Kier molecular flexibility index (Phi) is 12.6. The van der Waals surface area contributed by atoms with Crippen molar-refractivity contribution in [1.82, 2.24) is 0 Å². The van der Waals surface area contributed by atoms with Crippen LogP contribution in [-0.4, -0.2) is 44.8 Å². The number of nitrogens with zero attached hydrogens (tertiary/aromatic N) is 1. The lowest BCUT2D eigenvalue weighted by molar-refractivity contribution is 0.0590. The van der Waals surface area contributed by atoms with Crippen LogP contribution in [0.5, 0.6) is 0 Å². The molecular formula is C36H52F2N2O4.